The third-order valence-corrected chi connectivity index (χ3v) is 26.8. The number of nitriles is 2. The number of hydrogen-bond acceptors (Lipinski definition) is 2. The lowest BCUT2D eigenvalue weighted by Gasteiger charge is -2.24. The third kappa shape index (κ3) is 8.14. The molecule has 6 aromatic heterocycles. The lowest BCUT2D eigenvalue weighted by atomic mass is 9.35. The van der Waals surface area contributed by atoms with Gasteiger partial charge in [-0.2, -0.15) is 10.5 Å². The van der Waals surface area contributed by atoms with Crippen LogP contribution in [0.2, 0.25) is 0 Å². The summed E-state index contributed by atoms with van der Waals surface area (Å²) in [6, 6.07) is 130. The average Bonchev–Trinajstić information content (AvgIpc) is 1.53. The minimum Gasteiger partial charge on any atom is -0.310 e. The Labute approximate surface area is 662 Å². The van der Waals surface area contributed by atoms with Crippen LogP contribution in [0.15, 0.2) is 346 Å². The van der Waals surface area contributed by atoms with E-state index in [1.165, 1.54) is 230 Å². The van der Waals surface area contributed by atoms with Crippen LogP contribution >= 0.6 is 0 Å². The molecule has 0 saturated carbocycles. The highest BCUT2D eigenvalue weighted by Crippen LogP contribution is 2.45. The van der Waals surface area contributed by atoms with Crippen LogP contribution in [0.3, 0.4) is 0 Å². The summed E-state index contributed by atoms with van der Waals surface area (Å²) in [5.41, 5.74) is 42.8. The first-order valence-corrected chi connectivity index (χ1v) is 40.0. The Balaban J connectivity index is 0.0000000843. The van der Waals surface area contributed by atoms with Gasteiger partial charge >= 0.3 is 0 Å². The van der Waals surface area contributed by atoms with Crippen molar-refractivity contribution in [2.45, 2.75) is 6.92 Å². The van der Waals surface area contributed by atoms with Gasteiger partial charge in [0.1, 0.15) is 0 Å². The van der Waals surface area contributed by atoms with Gasteiger partial charge in [0.2, 0.25) is 26.9 Å². The van der Waals surface area contributed by atoms with E-state index in [0.29, 0.717) is 6.71 Å². The van der Waals surface area contributed by atoms with E-state index in [2.05, 4.69) is 359 Å². The molecule has 0 aliphatic carbocycles. The molecule has 0 saturated heterocycles. The van der Waals surface area contributed by atoms with Crippen molar-refractivity contribution in [3.05, 3.63) is 362 Å². The molecule has 0 amide bonds. The molecule has 17 aromatic carbocycles. The van der Waals surface area contributed by atoms with Crippen molar-refractivity contribution in [2.75, 3.05) is 0 Å². The lowest BCUT2D eigenvalue weighted by molar-refractivity contribution is 1.19. The molecule has 0 fully saturated rings. The second-order valence-electron chi connectivity index (χ2n) is 32.1. The molecule has 29 rings (SSSR count). The zero-order valence-corrected chi connectivity index (χ0v) is 62.4. The topological polar surface area (TPSA) is 66.3 Å². The van der Waals surface area contributed by atoms with Gasteiger partial charge in [-0.05, 0) is 133 Å². The molecule has 0 atom stereocenters. The summed E-state index contributed by atoms with van der Waals surface area (Å²) in [5.74, 6) is 0. The predicted molar refractivity (Wildman–Crippen MR) is 486 cm³/mol. The Morgan fingerprint density at radius 1 is 0.235 bits per heavy atom. The summed E-state index contributed by atoms with van der Waals surface area (Å²) in [4.78, 5) is 0. The molecule has 6 nitrogen and oxygen atoms in total. The second-order valence-corrected chi connectivity index (χ2v) is 32.1. The second kappa shape index (κ2) is 23.2. The van der Waals surface area contributed by atoms with E-state index in [-0.39, 0.29) is 20.1 Å². The van der Waals surface area contributed by atoms with Gasteiger partial charge in [0, 0.05) is 115 Å². The van der Waals surface area contributed by atoms with Gasteiger partial charge in [-0.3, -0.25) is 0 Å². The van der Waals surface area contributed by atoms with Crippen molar-refractivity contribution in [2.24, 2.45) is 0 Å². The zero-order chi connectivity index (χ0) is 75.3. The standard InChI is InChI=1S/C30H18BN.2C25H13BN2.C25H16BN/c1-2-8-19(9-3-1)20-14-17-27-24(18-20)23-16-15-22-21-10-4-5-11-25(21)31-26-12-6-7-13-28(26)32(27)30(23)29(22)31;27-14-15-9-12-20-19(13-15)17-10-11-18-16-5-1-3-7-22(16)28-23-8-4-2-6-21(23)26(20)24(17)25(18)28;27-14-15-6-1-2-11-20(15)26-21-12-4-9-18-16-7-3-8-17-19-10-5-13-22(26)25(19)28(23(16)17)24(18)21;1-15-7-2-3-12-20(15)26-21-13-5-10-18-16-8-4-9-17-19-11-6-14-22(26)25(19)27(23(16)17)24(18)21/h1-18H;2*1-13H;2-14H,1H3. The Kier molecular flexibility index (Phi) is 12.7. The average molecular weight is 1450 g/mol. The Morgan fingerprint density at radius 3 is 1.20 bits per heavy atom. The van der Waals surface area contributed by atoms with Gasteiger partial charge in [-0.15, -0.1) is 0 Å². The first kappa shape index (κ1) is 62.9. The smallest absolute Gasteiger partial charge is 0.248 e. The number of aromatic nitrogens is 4. The summed E-state index contributed by atoms with van der Waals surface area (Å²) < 4.78 is 9.95. The number of hydrogen-bond donors (Lipinski definition) is 0. The van der Waals surface area contributed by atoms with Crippen molar-refractivity contribution in [1.82, 2.24) is 17.9 Å². The number of rotatable bonds is 3. The molecular weight excluding hydrogens is 1390 g/mol. The normalized spacial score (nSPS) is 13.0. The fraction of sp³-hybridized carbons (Fsp3) is 0.00952. The maximum atomic E-state index is 9.77. The van der Waals surface area contributed by atoms with Crippen LogP contribution in [-0.4, -0.2) is 44.8 Å². The number of fused-ring (bicyclic) bond motifs is 22. The predicted octanol–water partition coefficient (Wildman–Crippen LogP) is 16.2. The number of benzene rings is 17. The van der Waals surface area contributed by atoms with Crippen molar-refractivity contribution in [1.29, 1.82) is 10.5 Å². The molecule has 6 aliphatic rings. The monoisotopic (exact) mass is 1450 g/mol. The fourth-order valence-electron chi connectivity index (χ4n) is 22.4. The van der Waals surface area contributed by atoms with E-state index in [4.69, 9.17) is 0 Å². The fourth-order valence-corrected chi connectivity index (χ4v) is 22.4. The molecule has 0 spiro atoms. The van der Waals surface area contributed by atoms with Crippen molar-refractivity contribution in [3.8, 4) is 56.9 Å². The third-order valence-electron chi connectivity index (χ3n) is 26.8. The van der Waals surface area contributed by atoms with Crippen molar-refractivity contribution in [3.63, 3.8) is 0 Å². The first-order chi connectivity index (χ1) is 57.0. The highest BCUT2D eigenvalue weighted by Gasteiger charge is 2.44. The SMILES string of the molecule is Cc1ccccc1B1c2cccc3c4cccc5c6cccc1c6n(c23)c45.N#Cc1ccc2c(c1)-c1ccc3c4ccccc4n4c3c1B2c1ccccc1-4.N#Cc1ccccc1B1c2cccc3c4cccc5c6cccc1c6n(c23)c45.c1ccc(-c2ccc3c(c2)c2ccc4c5c2n3-c2ccccc2B5c2ccccc2-4)cc1. The molecule has 115 heavy (non-hydrogen) atoms. The van der Waals surface area contributed by atoms with E-state index >= 15 is 0 Å². The van der Waals surface area contributed by atoms with Crippen molar-refractivity contribution < 1.29 is 0 Å². The van der Waals surface area contributed by atoms with Crippen LogP contribution in [-0.2, 0) is 0 Å². The first-order valence-electron chi connectivity index (χ1n) is 40.0. The molecule has 0 bridgehead atoms. The summed E-state index contributed by atoms with van der Waals surface area (Å²) in [6.07, 6.45) is 0. The van der Waals surface area contributed by atoms with Gasteiger partial charge in [-0.25, -0.2) is 0 Å². The highest BCUT2D eigenvalue weighted by molar-refractivity contribution is 7.03. The molecule has 10 heteroatoms. The lowest BCUT2D eigenvalue weighted by Crippen LogP contribution is -2.55. The van der Waals surface area contributed by atoms with E-state index in [0.717, 1.165) is 16.6 Å². The molecule has 23 aromatic rings. The van der Waals surface area contributed by atoms with Crippen LogP contribution in [0.25, 0.3) is 165 Å². The summed E-state index contributed by atoms with van der Waals surface area (Å²) in [6.45, 7) is 3.14. The van der Waals surface area contributed by atoms with Crippen LogP contribution in [0.4, 0.5) is 0 Å². The van der Waals surface area contributed by atoms with Crippen LogP contribution < -0.4 is 65.6 Å². The van der Waals surface area contributed by atoms with Crippen molar-refractivity contribution >= 4 is 212 Å². The quantitative estimate of drug-likeness (QED) is 0.165. The van der Waals surface area contributed by atoms with Crippen LogP contribution in [0.5, 0.6) is 0 Å². The van der Waals surface area contributed by atoms with Gasteiger partial charge in [-0.1, -0.05) is 325 Å². The zero-order valence-electron chi connectivity index (χ0n) is 62.4. The van der Waals surface area contributed by atoms with Gasteiger partial charge in [0.05, 0.1) is 39.8 Å². The van der Waals surface area contributed by atoms with E-state index in [1.54, 1.807) is 0 Å². The Hall–Kier alpha value is -14.8. The summed E-state index contributed by atoms with van der Waals surface area (Å²) >= 11 is 0. The Bertz CT molecular complexity index is 8220. The molecule has 522 valence electrons. The molecule has 0 radical (unpaired) electrons. The summed E-state index contributed by atoms with van der Waals surface area (Å²) in [5, 5.41) is 35.2. The van der Waals surface area contributed by atoms with Gasteiger partial charge in [0.15, 0.2) is 0 Å². The van der Waals surface area contributed by atoms with Gasteiger partial charge < -0.3 is 17.9 Å². The molecular formula is C105H60B4N6. The number of aryl methyl sites for hydroxylation is 1. The minimum absolute atomic E-state index is 0.0698. The largest absolute Gasteiger partial charge is 0.310 e. The molecule has 0 N–H and O–H groups in total. The van der Waals surface area contributed by atoms with E-state index < -0.39 is 0 Å². The highest BCUT2D eigenvalue weighted by atomic mass is 15.0. The van der Waals surface area contributed by atoms with Gasteiger partial charge in [0.25, 0.3) is 0 Å². The minimum atomic E-state index is 0.0698. The number of nitrogens with zero attached hydrogens (tertiary/aromatic N) is 6. The Morgan fingerprint density at radius 2 is 0.643 bits per heavy atom. The van der Waals surface area contributed by atoms with E-state index in [9.17, 15) is 10.5 Å². The van der Waals surface area contributed by atoms with E-state index in [1.807, 2.05) is 24.3 Å². The maximum absolute atomic E-state index is 9.77. The van der Waals surface area contributed by atoms with Crippen LogP contribution in [0, 0.1) is 29.6 Å². The summed E-state index contributed by atoms with van der Waals surface area (Å²) in [7, 11) is 0. The number of para-hydroxylation sites is 9. The van der Waals surface area contributed by atoms with Crippen LogP contribution in [0.1, 0.15) is 16.7 Å². The molecule has 12 heterocycles. The maximum Gasteiger partial charge on any atom is 0.248 e. The molecule has 6 aliphatic heterocycles. The molecule has 0 unspecified atom stereocenters.